The van der Waals surface area contributed by atoms with Gasteiger partial charge in [0.05, 0.1) is 6.61 Å². The maximum absolute atomic E-state index is 12.8. The van der Waals surface area contributed by atoms with Crippen LogP contribution in [0.5, 0.6) is 0 Å². The summed E-state index contributed by atoms with van der Waals surface area (Å²) in [6, 6.07) is 0. The summed E-state index contributed by atoms with van der Waals surface area (Å²) in [6.07, 6.45) is 18.6. The molecule has 0 aromatic carbocycles. The monoisotopic (exact) mass is 809 g/mol. The number of carbonyl (C=O) groups is 2. The Morgan fingerprint density at radius 3 is 1.38 bits per heavy atom. The highest BCUT2D eigenvalue weighted by Crippen LogP contribution is 2.47. The van der Waals surface area contributed by atoms with E-state index in [9.17, 15) is 44.6 Å². The van der Waals surface area contributed by atoms with Gasteiger partial charge < -0.3 is 39.9 Å². The lowest BCUT2D eigenvalue weighted by Crippen LogP contribution is -2.64. The molecule has 1 aliphatic carbocycles. The van der Waals surface area contributed by atoms with E-state index in [4.69, 9.17) is 18.5 Å². The predicted molar refractivity (Wildman–Crippen MR) is 212 cm³/mol. The van der Waals surface area contributed by atoms with Gasteiger partial charge in [-0.2, -0.15) is 0 Å². The Balaban J connectivity index is 2.47. The third kappa shape index (κ3) is 25.5. The van der Waals surface area contributed by atoms with Crippen LogP contribution in [0.4, 0.5) is 0 Å². The number of hydrogen-bond acceptors (Lipinski definition) is 12. The van der Waals surface area contributed by atoms with Crippen molar-refractivity contribution in [2.24, 2.45) is 0 Å². The SMILES string of the molecule is CCCCCCCC/C=C/CCCCCCCCCC(=O)O[C@H](COC(=O)CCCCCCCCCCC)COP(=O)(O)OC1C(O)C(O)C(O)[C@@H](O)C1O. The number of rotatable bonds is 35. The zero-order chi connectivity index (χ0) is 40.7. The summed E-state index contributed by atoms with van der Waals surface area (Å²) in [4.78, 5) is 35.5. The molecule has 1 saturated carbocycles. The topological polar surface area (TPSA) is 210 Å². The van der Waals surface area contributed by atoms with Crippen molar-refractivity contribution in [1.82, 2.24) is 0 Å². The first kappa shape index (κ1) is 51.6. The molecule has 1 rings (SSSR count). The highest BCUT2D eigenvalue weighted by atomic mass is 31.2. The molecule has 0 heterocycles. The predicted octanol–water partition coefficient (Wildman–Crippen LogP) is 7.50. The van der Waals surface area contributed by atoms with E-state index in [1.165, 1.54) is 89.9 Å². The second-order valence-electron chi connectivity index (χ2n) is 15.2. The minimum Gasteiger partial charge on any atom is -0.462 e. The van der Waals surface area contributed by atoms with Crippen LogP contribution in [0.25, 0.3) is 0 Å². The van der Waals surface area contributed by atoms with Gasteiger partial charge in [-0.25, -0.2) is 4.57 Å². The molecule has 0 saturated heterocycles. The van der Waals surface area contributed by atoms with Crippen LogP contribution in [-0.2, 0) is 32.7 Å². The van der Waals surface area contributed by atoms with E-state index in [2.05, 4.69) is 26.0 Å². The summed E-state index contributed by atoms with van der Waals surface area (Å²) in [5, 5.41) is 50.0. The Bertz CT molecular complexity index is 1030. The van der Waals surface area contributed by atoms with Crippen molar-refractivity contribution in [3.63, 3.8) is 0 Å². The Hall–Kier alpha value is -1.41. The Morgan fingerprint density at radius 2 is 0.927 bits per heavy atom. The number of aliphatic hydroxyl groups is 5. The highest BCUT2D eigenvalue weighted by molar-refractivity contribution is 7.47. The maximum Gasteiger partial charge on any atom is 0.472 e. The molecule has 55 heavy (non-hydrogen) atoms. The summed E-state index contributed by atoms with van der Waals surface area (Å²) < 4.78 is 33.4. The minimum atomic E-state index is -5.11. The van der Waals surface area contributed by atoms with E-state index >= 15 is 0 Å². The molecule has 324 valence electrons. The highest BCUT2D eigenvalue weighted by Gasteiger charge is 2.51. The van der Waals surface area contributed by atoms with E-state index in [1.807, 2.05) is 0 Å². The number of carbonyl (C=O) groups excluding carboxylic acids is 2. The summed E-state index contributed by atoms with van der Waals surface area (Å²) in [5.74, 6) is -1.10. The van der Waals surface area contributed by atoms with Gasteiger partial charge in [0.2, 0.25) is 0 Å². The van der Waals surface area contributed by atoms with Gasteiger partial charge in [0.25, 0.3) is 0 Å². The average molecular weight is 809 g/mol. The number of esters is 2. The summed E-state index contributed by atoms with van der Waals surface area (Å²) in [7, 11) is -5.11. The largest absolute Gasteiger partial charge is 0.472 e. The average Bonchev–Trinajstić information content (AvgIpc) is 3.16. The molecular weight excluding hydrogens is 731 g/mol. The van der Waals surface area contributed by atoms with Crippen LogP contribution < -0.4 is 0 Å². The van der Waals surface area contributed by atoms with Gasteiger partial charge in [0, 0.05) is 12.8 Å². The lowest BCUT2D eigenvalue weighted by Gasteiger charge is -2.41. The Kier molecular flexibility index (Phi) is 30.5. The fraction of sp³-hybridized carbons (Fsp3) is 0.902. The van der Waals surface area contributed by atoms with Crippen LogP contribution in [0.1, 0.15) is 181 Å². The molecule has 1 aliphatic rings. The smallest absolute Gasteiger partial charge is 0.462 e. The second kappa shape index (κ2) is 32.5. The molecular formula is C41H77O13P. The van der Waals surface area contributed by atoms with E-state index in [-0.39, 0.29) is 12.8 Å². The molecule has 0 spiro atoms. The standard InChI is InChI=1S/C41H77O13P/c1-3-5-7-9-11-13-14-15-16-17-18-19-20-22-24-26-28-30-35(43)53-33(31-51-34(42)29-27-25-23-21-12-10-8-6-4-2)32-52-55(49,50)54-41-39(47)37(45)36(44)38(46)40(41)48/h15-16,33,36-41,44-48H,3-14,17-32H2,1-2H3,(H,49,50)/b16-15+/t33-,36?,37-,38?,39?,40?,41?/m1/s1. The van der Waals surface area contributed by atoms with Crippen molar-refractivity contribution >= 4 is 19.8 Å². The van der Waals surface area contributed by atoms with Crippen LogP contribution in [0, 0.1) is 0 Å². The van der Waals surface area contributed by atoms with Crippen molar-refractivity contribution in [2.75, 3.05) is 13.2 Å². The van der Waals surface area contributed by atoms with Crippen LogP contribution in [0.2, 0.25) is 0 Å². The van der Waals surface area contributed by atoms with E-state index in [0.29, 0.717) is 12.8 Å². The van der Waals surface area contributed by atoms with Gasteiger partial charge in [-0.15, -0.1) is 0 Å². The zero-order valence-corrected chi connectivity index (χ0v) is 34.9. The van der Waals surface area contributed by atoms with Gasteiger partial charge in [-0.3, -0.25) is 18.6 Å². The van der Waals surface area contributed by atoms with Crippen LogP contribution in [0.15, 0.2) is 12.2 Å². The fourth-order valence-electron chi connectivity index (χ4n) is 6.58. The molecule has 0 aromatic rings. The van der Waals surface area contributed by atoms with Gasteiger partial charge in [0.1, 0.15) is 43.2 Å². The lowest BCUT2D eigenvalue weighted by molar-refractivity contribution is -0.220. The number of aliphatic hydroxyl groups excluding tert-OH is 5. The first-order valence-corrected chi connectivity index (χ1v) is 23.0. The van der Waals surface area contributed by atoms with E-state index < -0.39 is 75.7 Å². The second-order valence-corrected chi connectivity index (χ2v) is 16.6. The molecule has 13 nitrogen and oxygen atoms in total. The summed E-state index contributed by atoms with van der Waals surface area (Å²) in [5.41, 5.74) is 0. The molecule has 0 amide bonds. The molecule has 0 bridgehead atoms. The van der Waals surface area contributed by atoms with Crippen molar-refractivity contribution in [3.8, 4) is 0 Å². The molecule has 0 aliphatic heterocycles. The van der Waals surface area contributed by atoms with Crippen LogP contribution >= 0.6 is 7.82 Å². The van der Waals surface area contributed by atoms with E-state index in [1.54, 1.807) is 0 Å². The van der Waals surface area contributed by atoms with Crippen LogP contribution in [0.3, 0.4) is 0 Å². The number of phosphoric acid groups is 1. The third-order valence-electron chi connectivity index (χ3n) is 10.1. The first-order valence-electron chi connectivity index (χ1n) is 21.5. The van der Waals surface area contributed by atoms with Crippen molar-refractivity contribution in [3.05, 3.63) is 12.2 Å². The molecule has 6 unspecified atom stereocenters. The summed E-state index contributed by atoms with van der Waals surface area (Å²) >= 11 is 0. The van der Waals surface area contributed by atoms with Gasteiger partial charge in [0.15, 0.2) is 6.10 Å². The number of allylic oxidation sites excluding steroid dienone is 2. The summed E-state index contributed by atoms with van der Waals surface area (Å²) in [6.45, 7) is 3.25. The molecule has 1 fully saturated rings. The van der Waals surface area contributed by atoms with Crippen molar-refractivity contribution < 1.29 is 63.1 Å². The molecule has 8 atom stereocenters. The number of hydrogen-bond donors (Lipinski definition) is 6. The van der Waals surface area contributed by atoms with Crippen molar-refractivity contribution in [2.45, 2.75) is 224 Å². The van der Waals surface area contributed by atoms with Crippen LogP contribution in [-0.4, -0.2) is 98.3 Å². The first-order chi connectivity index (χ1) is 26.4. The van der Waals surface area contributed by atoms with Gasteiger partial charge >= 0.3 is 19.8 Å². The quantitative estimate of drug-likeness (QED) is 0.0159. The van der Waals surface area contributed by atoms with Crippen molar-refractivity contribution in [1.29, 1.82) is 0 Å². The number of ether oxygens (including phenoxy) is 2. The fourth-order valence-corrected chi connectivity index (χ4v) is 7.55. The molecule has 0 aromatic heterocycles. The minimum absolute atomic E-state index is 0.0954. The number of phosphoric ester groups is 1. The maximum atomic E-state index is 12.8. The molecule has 14 heteroatoms. The third-order valence-corrected chi connectivity index (χ3v) is 11.1. The molecule has 6 N–H and O–H groups in total. The zero-order valence-electron chi connectivity index (χ0n) is 34.0. The Morgan fingerprint density at radius 1 is 0.545 bits per heavy atom. The normalized spacial score (nSPS) is 23.1. The number of unbranched alkanes of at least 4 members (excludes halogenated alkanes) is 21. The van der Waals surface area contributed by atoms with E-state index in [0.717, 1.165) is 51.4 Å². The van der Waals surface area contributed by atoms with Gasteiger partial charge in [-0.1, -0.05) is 142 Å². The lowest BCUT2D eigenvalue weighted by atomic mass is 9.85. The molecule has 0 radical (unpaired) electrons. The van der Waals surface area contributed by atoms with Gasteiger partial charge in [-0.05, 0) is 38.5 Å². The Labute approximate surface area is 331 Å².